The van der Waals surface area contributed by atoms with Crippen LogP contribution in [0.4, 0.5) is 0 Å². The molecule has 0 atom stereocenters. The van der Waals surface area contributed by atoms with Crippen molar-refractivity contribution in [3.8, 4) is 0 Å². The minimum Gasteiger partial charge on any atom is -0.462 e. The van der Waals surface area contributed by atoms with Gasteiger partial charge in [-0.1, -0.05) is 6.07 Å². The molecule has 6 heteroatoms. The Labute approximate surface area is 142 Å². The second-order valence-electron chi connectivity index (χ2n) is 6.94. The van der Waals surface area contributed by atoms with Crippen molar-refractivity contribution < 1.29 is 18.8 Å². The SMILES string of the molecule is CCOC(=O)c1ccc2c(B3OC(C)(C)C(C)(C)O3)ccnc2c1. The third-order valence-electron chi connectivity index (χ3n) is 4.79. The van der Waals surface area contributed by atoms with E-state index in [1.165, 1.54) is 0 Å². The molecule has 1 aromatic heterocycles. The van der Waals surface area contributed by atoms with Crippen molar-refractivity contribution >= 4 is 29.5 Å². The Bertz CT molecular complexity index is 772. The maximum atomic E-state index is 11.9. The number of carbonyl (C=O) groups is 1. The molecule has 3 rings (SSSR count). The zero-order valence-corrected chi connectivity index (χ0v) is 14.8. The summed E-state index contributed by atoms with van der Waals surface area (Å²) in [6.45, 7) is 10.2. The van der Waals surface area contributed by atoms with Crippen molar-refractivity contribution in [1.29, 1.82) is 0 Å². The normalized spacial score (nSPS) is 18.8. The molecule has 2 heterocycles. The van der Waals surface area contributed by atoms with Gasteiger partial charge in [-0.2, -0.15) is 0 Å². The third kappa shape index (κ3) is 2.80. The van der Waals surface area contributed by atoms with Gasteiger partial charge in [0.05, 0.1) is 28.9 Å². The molecule has 0 saturated carbocycles. The molecule has 126 valence electrons. The molecule has 5 nitrogen and oxygen atoms in total. The summed E-state index contributed by atoms with van der Waals surface area (Å²) in [5.74, 6) is -0.345. The summed E-state index contributed by atoms with van der Waals surface area (Å²) in [6, 6.07) is 7.25. The summed E-state index contributed by atoms with van der Waals surface area (Å²) in [5, 5.41) is 0.907. The minimum absolute atomic E-state index is 0.345. The van der Waals surface area contributed by atoms with Crippen LogP contribution >= 0.6 is 0 Å². The van der Waals surface area contributed by atoms with E-state index in [0.717, 1.165) is 10.8 Å². The number of aromatic nitrogens is 1. The predicted molar refractivity (Wildman–Crippen MR) is 93.4 cm³/mol. The molecule has 0 amide bonds. The van der Waals surface area contributed by atoms with Gasteiger partial charge in [-0.25, -0.2) is 4.79 Å². The molecule has 1 saturated heterocycles. The van der Waals surface area contributed by atoms with Crippen LogP contribution in [-0.2, 0) is 14.0 Å². The van der Waals surface area contributed by atoms with Crippen LogP contribution in [0.2, 0.25) is 0 Å². The highest BCUT2D eigenvalue weighted by molar-refractivity contribution is 6.65. The molecular formula is C18H22BNO4. The first-order valence-electron chi connectivity index (χ1n) is 8.16. The van der Waals surface area contributed by atoms with Crippen LogP contribution < -0.4 is 5.46 Å². The first-order chi connectivity index (χ1) is 11.2. The van der Waals surface area contributed by atoms with Crippen LogP contribution in [0.3, 0.4) is 0 Å². The van der Waals surface area contributed by atoms with Gasteiger partial charge in [0.2, 0.25) is 0 Å². The first-order valence-corrected chi connectivity index (χ1v) is 8.16. The van der Waals surface area contributed by atoms with Crippen molar-refractivity contribution in [1.82, 2.24) is 4.98 Å². The van der Waals surface area contributed by atoms with Gasteiger partial charge in [0.15, 0.2) is 0 Å². The highest BCUT2D eigenvalue weighted by Crippen LogP contribution is 2.36. The standard InChI is InChI=1S/C18H22BNO4/c1-6-22-16(21)12-7-8-13-14(9-10-20-15(13)11-12)19-23-17(2,3)18(4,5)24-19/h7-11H,6H2,1-5H3. The van der Waals surface area contributed by atoms with Gasteiger partial charge in [-0.15, -0.1) is 0 Å². The molecule has 0 spiro atoms. The molecule has 1 aromatic carbocycles. The summed E-state index contributed by atoms with van der Waals surface area (Å²) in [5.41, 5.74) is 1.31. The van der Waals surface area contributed by atoms with Crippen LogP contribution in [0, 0.1) is 0 Å². The van der Waals surface area contributed by atoms with E-state index < -0.39 is 18.3 Å². The average molecular weight is 327 g/mol. The van der Waals surface area contributed by atoms with E-state index in [4.69, 9.17) is 14.0 Å². The number of pyridine rings is 1. The van der Waals surface area contributed by atoms with Gasteiger partial charge >= 0.3 is 13.1 Å². The Kier molecular flexibility index (Phi) is 4.14. The summed E-state index contributed by atoms with van der Waals surface area (Å²) < 4.78 is 17.3. The summed E-state index contributed by atoms with van der Waals surface area (Å²) in [7, 11) is -0.464. The van der Waals surface area contributed by atoms with Gasteiger partial charge in [-0.05, 0) is 63.7 Å². The van der Waals surface area contributed by atoms with E-state index in [1.54, 1.807) is 25.3 Å². The lowest BCUT2D eigenvalue weighted by Crippen LogP contribution is -2.41. The smallest absolute Gasteiger partial charge is 0.462 e. The number of ether oxygens (including phenoxy) is 1. The quantitative estimate of drug-likeness (QED) is 0.641. The highest BCUT2D eigenvalue weighted by Gasteiger charge is 2.52. The molecule has 24 heavy (non-hydrogen) atoms. The summed E-state index contributed by atoms with van der Waals surface area (Å²) >= 11 is 0. The van der Waals surface area contributed by atoms with Crippen LogP contribution in [0.5, 0.6) is 0 Å². The number of hydrogen-bond acceptors (Lipinski definition) is 5. The van der Waals surface area contributed by atoms with E-state index in [2.05, 4.69) is 4.98 Å². The van der Waals surface area contributed by atoms with Gasteiger partial charge in [-0.3, -0.25) is 4.98 Å². The van der Waals surface area contributed by atoms with E-state index in [1.807, 2.05) is 39.8 Å². The summed E-state index contributed by atoms with van der Waals surface area (Å²) in [4.78, 5) is 16.3. The molecule has 0 aliphatic carbocycles. The number of fused-ring (bicyclic) bond motifs is 1. The molecule has 0 bridgehead atoms. The molecule has 0 N–H and O–H groups in total. The zero-order chi connectivity index (χ0) is 17.5. The predicted octanol–water partition coefficient (Wildman–Crippen LogP) is 2.71. The van der Waals surface area contributed by atoms with Crippen LogP contribution in [0.1, 0.15) is 45.0 Å². The average Bonchev–Trinajstić information content (AvgIpc) is 2.74. The van der Waals surface area contributed by atoms with E-state index in [-0.39, 0.29) is 5.97 Å². The molecule has 0 radical (unpaired) electrons. The van der Waals surface area contributed by atoms with E-state index >= 15 is 0 Å². The van der Waals surface area contributed by atoms with Crippen molar-refractivity contribution in [3.05, 3.63) is 36.0 Å². The lowest BCUT2D eigenvalue weighted by atomic mass is 9.77. The Balaban J connectivity index is 2.00. The number of benzene rings is 1. The Morgan fingerprint density at radius 3 is 2.46 bits per heavy atom. The zero-order valence-electron chi connectivity index (χ0n) is 14.8. The molecular weight excluding hydrogens is 305 g/mol. The largest absolute Gasteiger partial charge is 0.495 e. The van der Waals surface area contributed by atoms with Crippen molar-refractivity contribution in [2.24, 2.45) is 0 Å². The second kappa shape index (κ2) is 5.86. The lowest BCUT2D eigenvalue weighted by Gasteiger charge is -2.32. The Morgan fingerprint density at radius 1 is 1.17 bits per heavy atom. The van der Waals surface area contributed by atoms with Crippen LogP contribution in [0.15, 0.2) is 30.5 Å². The maximum Gasteiger partial charge on any atom is 0.495 e. The molecule has 2 aromatic rings. The monoisotopic (exact) mass is 327 g/mol. The number of rotatable bonds is 3. The number of carbonyl (C=O) groups excluding carboxylic acids is 1. The number of hydrogen-bond donors (Lipinski definition) is 0. The second-order valence-corrected chi connectivity index (χ2v) is 6.94. The fraction of sp³-hybridized carbons (Fsp3) is 0.444. The first kappa shape index (κ1) is 16.9. The fourth-order valence-electron chi connectivity index (χ4n) is 2.69. The summed E-state index contributed by atoms with van der Waals surface area (Å²) in [6.07, 6.45) is 1.71. The highest BCUT2D eigenvalue weighted by atomic mass is 16.7. The minimum atomic E-state index is -0.464. The van der Waals surface area contributed by atoms with Crippen molar-refractivity contribution in [2.45, 2.75) is 45.8 Å². The topological polar surface area (TPSA) is 57.7 Å². The van der Waals surface area contributed by atoms with Gasteiger partial charge in [0.1, 0.15) is 0 Å². The number of esters is 1. The van der Waals surface area contributed by atoms with Crippen LogP contribution in [-0.4, -0.2) is 35.9 Å². The maximum absolute atomic E-state index is 11.9. The van der Waals surface area contributed by atoms with E-state index in [0.29, 0.717) is 17.7 Å². The van der Waals surface area contributed by atoms with Crippen LogP contribution in [0.25, 0.3) is 10.9 Å². The fourth-order valence-corrected chi connectivity index (χ4v) is 2.69. The molecule has 1 aliphatic heterocycles. The van der Waals surface area contributed by atoms with Crippen molar-refractivity contribution in [2.75, 3.05) is 6.61 Å². The number of nitrogens with zero attached hydrogens (tertiary/aromatic N) is 1. The van der Waals surface area contributed by atoms with Gasteiger partial charge < -0.3 is 14.0 Å². The lowest BCUT2D eigenvalue weighted by molar-refractivity contribution is 0.00578. The molecule has 1 fully saturated rings. The molecule has 1 aliphatic rings. The van der Waals surface area contributed by atoms with Crippen molar-refractivity contribution in [3.63, 3.8) is 0 Å². The third-order valence-corrected chi connectivity index (χ3v) is 4.79. The van der Waals surface area contributed by atoms with Gasteiger partial charge in [0.25, 0.3) is 0 Å². The van der Waals surface area contributed by atoms with Gasteiger partial charge in [0, 0.05) is 6.20 Å². The van der Waals surface area contributed by atoms with E-state index in [9.17, 15) is 4.79 Å². The molecule has 0 unspecified atom stereocenters. The Morgan fingerprint density at radius 2 is 1.83 bits per heavy atom. The Hall–Kier alpha value is -1.92.